The summed E-state index contributed by atoms with van der Waals surface area (Å²) in [7, 11) is 1.84. The fourth-order valence-corrected chi connectivity index (χ4v) is 8.06. The number of carbonyl (C=O) groups excluding carboxylic acids is 1. The lowest BCUT2D eigenvalue weighted by molar-refractivity contribution is 0.0233. The lowest BCUT2D eigenvalue weighted by Gasteiger charge is -2.33. The number of halogens is 3. The van der Waals surface area contributed by atoms with E-state index in [0.717, 1.165) is 19.4 Å². The molecule has 4 aromatic rings. The minimum atomic E-state index is -0.945. The Morgan fingerprint density at radius 2 is 1.98 bits per heavy atom. The molecule has 9 nitrogen and oxygen atoms in total. The zero-order valence-corrected chi connectivity index (χ0v) is 29.0. The van der Waals surface area contributed by atoms with Crippen LogP contribution >= 0.6 is 0 Å². The molecule has 0 bridgehead atoms. The molecule has 5 heterocycles. The molecule has 0 N–H and O–H groups in total. The van der Waals surface area contributed by atoms with Crippen molar-refractivity contribution in [3.8, 4) is 29.6 Å². The molecule has 0 radical (unpaired) electrons. The first kappa shape index (κ1) is 33.8. The van der Waals surface area contributed by atoms with E-state index in [1.807, 2.05) is 39.6 Å². The van der Waals surface area contributed by atoms with Crippen molar-refractivity contribution >= 4 is 33.6 Å². The summed E-state index contributed by atoms with van der Waals surface area (Å²) in [5.74, 6) is 1.45. The van der Waals surface area contributed by atoms with Crippen LogP contribution in [0.5, 0.6) is 6.01 Å². The number of alkyl halides is 1. The number of carbonyl (C=O) groups is 1. The van der Waals surface area contributed by atoms with Crippen molar-refractivity contribution in [1.82, 2.24) is 24.8 Å². The van der Waals surface area contributed by atoms with Crippen molar-refractivity contribution in [1.29, 1.82) is 0 Å². The van der Waals surface area contributed by atoms with Crippen LogP contribution in [0.4, 0.5) is 23.8 Å². The van der Waals surface area contributed by atoms with Crippen LogP contribution in [0, 0.1) is 24.0 Å². The summed E-state index contributed by atoms with van der Waals surface area (Å²) in [4.78, 5) is 32.7. The van der Waals surface area contributed by atoms with Crippen molar-refractivity contribution in [2.45, 2.75) is 82.8 Å². The number of anilines is 1. The van der Waals surface area contributed by atoms with Crippen LogP contribution in [0.15, 0.2) is 36.5 Å². The van der Waals surface area contributed by atoms with Crippen LogP contribution in [-0.2, 0) is 4.74 Å². The van der Waals surface area contributed by atoms with Crippen molar-refractivity contribution in [2.75, 3.05) is 38.2 Å². The fraction of sp³-hybridized carbons (Fsp3) is 0.474. The molecule has 3 aliphatic rings. The van der Waals surface area contributed by atoms with Gasteiger partial charge in [-0.05, 0) is 65.0 Å². The van der Waals surface area contributed by atoms with Gasteiger partial charge in [-0.15, -0.1) is 6.42 Å². The zero-order chi connectivity index (χ0) is 35.5. The Morgan fingerprint density at radius 3 is 2.74 bits per heavy atom. The molecule has 4 atom stereocenters. The van der Waals surface area contributed by atoms with E-state index in [0.29, 0.717) is 53.5 Å². The summed E-state index contributed by atoms with van der Waals surface area (Å²) in [5.41, 5.74) is -0.877. The van der Waals surface area contributed by atoms with E-state index in [2.05, 4.69) is 20.8 Å². The van der Waals surface area contributed by atoms with Gasteiger partial charge >= 0.3 is 12.1 Å². The van der Waals surface area contributed by atoms with Crippen molar-refractivity contribution in [3.63, 3.8) is 0 Å². The second-order valence-corrected chi connectivity index (χ2v) is 14.7. The number of nitrogens with zero attached hydrogens (tertiary/aromatic N) is 6. The van der Waals surface area contributed by atoms with Crippen LogP contribution in [0.2, 0.25) is 0 Å². The first-order chi connectivity index (χ1) is 23.8. The number of amides is 1. The number of fused-ring (bicyclic) bond motifs is 3. The summed E-state index contributed by atoms with van der Waals surface area (Å²) < 4.78 is 58.3. The highest BCUT2D eigenvalue weighted by Crippen LogP contribution is 2.41. The quantitative estimate of drug-likeness (QED) is 0.203. The molecule has 3 fully saturated rings. The molecule has 3 aliphatic heterocycles. The van der Waals surface area contributed by atoms with E-state index in [4.69, 9.17) is 20.9 Å². The van der Waals surface area contributed by atoms with E-state index < -0.39 is 35.0 Å². The molecule has 7 rings (SSSR count). The van der Waals surface area contributed by atoms with E-state index >= 15 is 4.39 Å². The third-order valence-corrected chi connectivity index (χ3v) is 10.4. The molecule has 0 saturated carbocycles. The predicted molar refractivity (Wildman–Crippen MR) is 186 cm³/mol. The summed E-state index contributed by atoms with van der Waals surface area (Å²) >= 11 is 0. The molecule has 262 valence electrons. The monoisotopic (exact) mass is 686 g/mol. The van der Waals surface area contributed by atoms with Gasteiger partial charge in [0.15, 0.2) is 5.82 Å². The van der Waals surface area contributed by atoms with Gasteiger partial charge in [-0.2, -0.15) is 9.97 Å². The third-order valence-electron chi connectivity index (χ3n) is 10.4. The number of hydrogen-bond donors (Lipinski definition) is 0. The Hall–Kier alpha value is -4.63. The SMILES string of the molecule is C#Cc1c(F)ccc2cccc(-c3ncc4c(N(C)[C@@H]5CCN(C(=O)OC(C)(C)C)[C@H]5C)nc(OC[C@@]56CCCN5C[C@H](F)C6)nc4c3F)c12. The Bertz CT molecular complexity index is 2030. The van der Waals surface area contributed by atoms with Crippen molar-refractivity contribution < 1.29 is 27.4 Å². The average molecular weight is 687 g/mol. The number of ether oxygens (including phenoxy) is 2. The number of hydrogen-bond acceptors (Lipinski definition) is 8. The maximum atomic E-state index is 16.9. The summed E-state index contributed by atoms with van der Waals surface area (Å²) in [6.07, 6.45) is 8.55. The number of aromatic nitrogens is 3. The molecule has 0 unspecified atom stereocenters. The number of benzene rings is 2. The number of rotatable bonds is 6. The average Bonchev–Trinajstić information content (AvgIpc) is 3.74. The molecule has 0 aliphatic carbocycles. The Labute approximate surface area is 289 Å². The van der Waals surface area contributed by atoms with Crippen molar-refractivity contribution in [2.24, 2.45) is 0 Å². The van der Waals surface area contributed by atoms with Crippen LogP contribution in [0.25, 0.3) is 32.9 Å². The maximum absolute atomic E-state index is 16.9. The summed E-state index contributed by atoms with van der Waals surface area (Å²) in [6, 6.07) is 7.52. The number of likely N-dealkylation sites (N-methyl/N-ethyl adjacent to an activating group) is 1. The second-order valence-electron chi connectivity index (χ2n) is 14.7. The highest BCUT2D eigenvalue weighted by molar-refractivity contribution is 6.02. The van der Waals surface area contributed by atoms with Crippen LogP contribution in [0.1, 0.15) is 58.9 Å². The van der Waals surface area contributed by atoms with Gasteiger partial charge in [0.1, 0.15) is 41.2 Å². The molecule has 0 spiro atoms. The van der Waals surface area contributed by atoms with Gasteiger partial charge in [-0.3, -0.25) is 9.88 Å². The van der Waals surface area contributed by atoms with Gasteiger partial charge < -0.3 is 19.3 Å². The second kappa shape index (κ2) is 12.6. The lowest BCUT2D eigenvalue weighted by Crippen LogP contribution is -2.45. The van der Waals surface area contributed by atoms with Gasteiger partial charge in [0, 0.05) is 43.7 Å². The molecular formula is C38H41F3N6O3. The number of terminal acetylenes is 1. The zero-order valence-electron chi connectivity index (χ0n) is 29.0. The minimum absolute atomic E-state index is 0.0133. The van der Waals surface area contributed by atoms with Crippen LogP contribution in [0.3, 0.4) is 0 Å². The Balaban J connectivity index is 1.32. The molecular weight excluding hydrogens is 645 g/mol. The van der Waals surface area contributed by atoms with Gasteiger partial charge in [0.05, 0.1) is 28.6 Å². The highest BCUT2D eigenvalue weighted by Gasteiger charge is 2.49. The third kappa shape index (κ3) is 5.85. The van der Waals surface area contributed by atoms with Gasteiger partial charge in [0.25, 0.3) is 0 Å². The maximum Gasteiger partial charge on any atom is 0.410 e. The molecule has 2 aromatic carbocycles. The van der Waals surface area contributed by atoms with Crippen molar-refractivity contribution in [3.05, 3.63) is 53.7 Å². The van der Waals surface area contributed by atoms with Crippen LogP contribution < -0.4 is 9.64 Å². The Morgan fingerprint density at radius 1 is 1.18 bits per heavy atom. The summed E-state index contributed by atoms with van der Waals surface area (Å²) in [6.45, 7) is 9.19. The number of likely N-dealkylation sites (tertiary alicyclic amines) is 1. The van der Waals surface area contributed by atoms with E-state index in [-0.39, 0.29) is 41.5 Å². The lowest BCUT2D eigenvalue weighted by atomic mass is 9.95. The molecule has 3 saturated heterocycles. The molecule has 1 amide bonds. The standard InChI is InChI=1S/C38H41F3N6O3/c1-7-25-28(40)13-12-23-10-8-11-26(30(23)25)32-31(41)33-27(19-42-32)34(45(6)29-14-17-47(22(29)2)36(48)50-37(3,4)5)44-35(43-33)49-21-38-15-9-16-46(38)20-24(39)18-38/h1,8,10-13,19,22,24,29H,9,14-18,20-21H2,2-6H3/t22-,24+,29+,38-/m0/s1. The highest BCUT2D eigenvalue weighted by atomic mass is 19.1. The minimum Gasteiger partial charge on any atom is -0.461 e. The predicted octanol–water partition coefficient (Wildman–Crippen LogP) is 6.89. The molecule has 50 heavy (non-hydrogen) atoms. The van der Waals surface area contributed by atoms with Crippen LogP contribution in [-0.4, -0.2) is 93.5 Å². The van der Waals surface area contributed by atoms with E-state index in [9.17, 15) is 13.6 Å². The molecule has 2 aromatic heterocycles. The fourth-order valence-electron chi connectivity index (χ4n) is 8.06. The summed E-state index contributed by atoms with van der Waals surface area (Å²) in [5, 5.41) is 1.34. The normalized spacial score (nSPS) is 23.7. The van der Waals surface area contributed by atoms with Gasteiger partial charge in [-0.25, -0.2) is 18.0 Å². The van der Waals surface area contributed by atoms with E-state index in [1.165, 1.54) is 12.3 Å². The smallest absolute Gasteiger partial charge is 0.410 e. The van der Waals surface area contributed by atoms with Gasteiger partial charge in [0.2, 0.25) is 0 Å². The van der Waals surface area contributed by atoms with E-state index in [1.54, 1.807) is 29.2 Å². The Kier molecular flexibility index (Phi) is 8.53. The first-order valence-corrected chi connectivity index (χ1v) is 17.1. The molecule has 12 heteroatoms. The van der Waals surface area contributed by atoms with Gasteiger partial charge in [-0.1, -0.05) is 30.2 Å². The number of pyridine rings is 1. The first-order valence-electron chi connectivity index (χ1n) is 17.1. The topological polar surface area (TPSA) is 83.9 Å². The largest absolute Gasteiger partial charge is 0.461 e.